The molecule has 0 spiro atoms. The van der Waals surface area contributed by atoms with Crippen LogP contribution >= 0.6 is 0 Å². The minimum Gasteiger partial charge on any atom is -0.396 e. The number of aryl methyl sites for hydroxylation is 1. The van der Waals surface area contributed by atoms with Crippen molar-refractivity contribution in [2.24, 2.45) is 16.9 Å². The first kappa shape index (κ1) is 16.5. The molecule has 0 aromatic carbocycles. The molecule has 20 heavy (non-hydrogen) atoms. The van der Waals surface area contributed by atoms with Crippen LogP contribution in [-0.2, 0) is 17.8 Å². The van der Waals surface area contributed by atoms with Gasteiger partial charge in [-0.1, -0.05) is 5.21 Å². The van der Waals surface area contributed by atoms with E-state index in [1.165, 1.54) is 4.68 Å². The summed E-state index contributed by atoms with van der Waals surface area (Å²) < 4.78 is 1.42. The zero-order valence-electron chi connectivity index (χ0n) is 11.1. The van der Waals surface area contributed by atoms with Gasteiger partial charge in [-0.15, -0.1) is 5.10 Å². The quantitative estimate of drug-likeness (QED) is 0.323. The van der Waals surface area contributed by atoms with E-state index in [-0.39, 0.29) is 26.4 Å². The third-order valence-corrected chi connectivity index (χ3v) is 3.17. The van der Waals surface area contributed by atoms with Gasteiger partial charge >= 0.3 is 0 Å². The van der Waals surface area contributed by atoms with Crippen molar-refractivity contribution in [2.75, 3.05) is 19.8 Å². The van der Waals surface area contributed by atoms with Crippen LogP contribution in [0, 0.1) is 5.41 Å². The standard InChI is InChI=1S/C11H21N5O4/c12-9(10(13)20)2-1-8-3-16(15-14-8)4-11(5-17,6-18)7-19/h3,9,17-19H,1-2,4-7,12H2,(H2,13,20)/t9-/m1/s1. The molecule has 7 N–H and O–H groups in total. The van der Waals surface area contributed by atoms with E-state index in [9.17, 15) is 20.1 Å². The Labute approximate surface area is 116 Å². The van der Waals surface area contributed by atoms with Gasteiger partial charge in [0.05, 0.1) is 43.5 Å². The number of aliphatic hydroxyl groups is 3. The van der Waals surface area contributed by atoms with E-state index in [4.69, 9.17) is 11.5 Å². The molecule has 1 heterocycles. The lowest BCUT2D eigenvalue weighted by atomic mass is 9.91. The fraction of sp³-hybridized carbons (Fsp3) is 0.727. The molecule has 0 aliphatic rings. The molecule has 1 aromatic rings. The van der Waals surface area contributed by atoms with E-state index < -0.39 is 17.4 Å². The number of carbonyl (C=O) groups excluding carboxylic acids is 1. The number of nitrogens with two attached hydrogens (primary N) is 2. The highest BCUT2D eigenvalue weighted by atomic mass is 16.3. The number of amides is 1. The minimum absolute atomic E-state index is 0.130. The van der Waals surface area contributed by atoms with Crippen LogP contribution in [0.3, 0.4) is 0 Å². The van der Waals surface area contributed by atoms with Gasteiger partial charge in [-0.25, -0.2) is 0 Å². The fourth-order valence-corrected chi connectivity index (χ4v) is 1.62. The Morgan fingerprint density at radius 2 is 1.95 bits per heavy atom. The lowest BCUT2D eigenvalue weighted by Crippen LogP contribution is -2.38. The van der Waals surface area contributed by atoms with Crippen LogP contribution in [-0.4, -0.2) is 62.1 Å². The molecule has 0 radical (unpaired) electrons. The molecule has 114 valence electrons. The van der Waals surface area contributed by atoms with Crippen LogP contribution in [0.1, 0.15) is 12.1 Å². The Morgan fingerprint density at radius 3 is 2.45 bits per heavy atom. The molecular formula is C11H21N5O4. The van der Waals surface area contributed by atoms with Gasteiger partial charge in [0.25, 0.3) is 0 Å². The van der Waals surface area contributed by atoms with Crippen molar-refractivity contribution in [3.63, 3.8) is 0 Å². The number of rotatable bonds is 9. The summed E-state index contributed by atoms with van der Waals surface area (Å²) in [4.78, 5) is 10.8. The maximum absolute atomic E-state index is 10.8. The van der Waals surface area contributed by atoms with Crippen molar-refractivity contribution < 1.29 is 20.1 Å². The van der Waals surface area contributed by atoms with Crippen molar-refractivity contribution in [1.82, 2.24) is 15.0 Å². The fourth-order valence-electron chi connectivity index (χ4n) is 1.62. The highest BCUT2D eigenvalue weighted by Crippen LogP contribution is 2.17. The Morgan fingerprint density at radius 1 is 1.35 bits per heavy atom. The number of primary amides is 1. The van der Waals surface area contributed by atoms with Crippen LogP contribution in [0.2, 0.25) is 0 Å². The predicted molar refractivity (Wildman–Crippen MR) is 69.2 cm³/mol. The monoisotopic (exact) mass is 287 g/mol. The van der Waals surface area contributed by atoms with Crippen LogP contribution in [0.4, 0.5) is 0 Å². The third kappa shape index (κ3) is 4.23. The second-order valence-electron chi connectivity index (χ2n) is 4.93. The smallest absolute Gasteiger partial charge is 0.234 e. The zero-order chi connectivity index (χ0) is 15.2. The van der Waals surface area contributed by atoms with E-state index in [1.807, 2.05) is 0 Å². The summed E-state index contributed by atoms with van der Waals surface area (Å²) in [6, 6.07) is -0.730. The van der Waals surface area contributed by atoms with Crippen LogP contribution < -0.4 is 11.5 Å². The second-order valence-corrected chi connectivity index (χ2v) is 4.93. The molecule has 0 saturated heterocycles. The molecule has 0 fully saturated rings. The van der Waals surface area contributed by atoms with E-state index in [1.54, 1.807) is 6.20 Å². The molecule has 1 rings (SSSR count). The highest BCUT2D eigenvalue weighted by molar-refractivity contribution is 5.79. The van der Waals surface area contributed by atoms with Crippen molar-refractivity contribution in [2.45, 2.75) is 25.4 Å². The van der Waals surface area contributed by atoms with E-state index in [0.29, 0.717) is 18.5 Å². The largest absolute Gasteiger partial charge is 0.396 e. The van der Waals surface area contributed by atoms with Gasteiger partial charge in [-0.3, -0.25) is 9.48 Å². The number of hydrogen-bond donors (Lipinski definition) is 5. The van der Waals surface area contributed by atoms with Gasteiger partial charge in [-0.05, 0) is 12.8 Å². The van der Waals surface area contributed by atoms with Gasteiger partial charge in [-0.2, -0.15) is 0 Å². The van der Waals surface area contributed by atoms with Crippen LogP contribution in [0.25, 0.3) is 0 Å². The topological polar surface area (TPSA) is 161 Å². The first-order chi connectivity index (χ1) is 9.46. The SMILES string of the molecule is NC(=O)[C@H](N)CCc1cn(CC(CO)(CO)CO)nn1. The molecule has 0 bridgehead atoms. The summed E-state index contributed by atoms with van der Waals surface area (Å²) in [6.07, 6.45) is 2.41. The first-order valence-corrected chi connectivity index (χ1v) is 6.23. The minimum atomic E-state index is -1.05. The Hall–Kier alpha value is -1.55. The highest BCUT2D eigenvalue weighted by Gasteiger charge is 2.29. The van der Waals surface area contributed by atoms with Gasteiger partial charge in [0.1, 0.15) is 0 Å². The van der Waals surface area contributed by atoms with Gasteiger partial charge < -0.3 is 26.8 Å². The summed E-state index contributed by atoms with van der Waals surface area (Å²) in [5.74, 6) is -0.572. The van der Waals surface area contributed by atoms with Crippen LogP contribution in [0.15, 0.2) is 6.20 Å². The number of hydrogen-bond acceptors (Lipinski definition) is 7. The van der Waals surface area contributed by atoms with E-state index >= 15 is 0 Å². The predicted octanol–water partition coefficient (Wildman–Crippen LogP) is -3.01. The molecule has 0 aliphatic heterocycles. The lowest BCUT2D eigenvalue weighted by molar-refractivity contribution is -0.119. The molecule has 0 unspecified atom stereocenters. The molecule has 1 amide bonds. The number of nitrogens with zero attached hydrogens (tertiary/aromatic N) is 3. The zero-order valence-corrected chi connectivity index (χ0v) is 11.1. The summed E-state index contributed by atoms with van der Waals surface area (Å²) in [5, 5.41) is 35.4. The second kappa shape index (κ2) is 7.29. The Kier molecular flexibility index (Phi) is 6.02. The molecule has 0 aliphatic carbocycles. The van der Waals surface area contributed by atoms with Crippen molar-refractivity contribution in [3.05, 3.63) is 11.9 Å². The van der Waals surface area contributed by atoms with Crippen molar-refractivity contribution >= 4 is 5.91 Å². The maximum Gasteiger partial charge on any atom is 0.234 e. The summed E-state index contributed by atoms with van der Waals surface area (Å²) in [6.45, 7) is -0.989. The average Bonchev–Trinajstić information content (AvgIpc) is 2.89. The molecular weight excluding hydrogens is 266 g/mol. The summed E-state index contributed by atoms with van der Waals surface area (Å²) in [5.41, 5.74) is 10.1. The van der Waals surface area contributed by atoms with Gasteiger partial charge in [0.15, 0.2) is 0 Å². The summed E-state index contributed by atoms with van der Waals surface area (Å²) in [7, 11) is 0. The molecule has 9 nitrogen and oxygen atoms in total. The number of aliphatic hydroxyl groups excluding tert-OH is 3. The van der Waals surface area contributed by atoms with E-state index in [2.05, 4.69) is 10.3 Å². The summed E-state index contributed by atoms with van der Waals surface area (Å²) >= 11 is 0. The Bertz CT molecular complexity index is 424. The first-order valence-electron chi connectivity index (χ1n) is 6.23. The molecule has 1 aromatic heterocycles. The molecule has 9 heteroatoms. The van der Waals surface area contributed by atoms with Gasteiger partial charge in [0.2, 0.25) is 5.91 Å². The third-order valence-electron chi connectivity index (χ3n) is 3.17. The Balaban J connectivity index is 2.61. The molecule has 0 saturated carbocycles. The number of carbonyl (C=O) groups is 1. The number of aromatic nitrogens is 3. The molecule has 1 atom stereocenters. The van der Waals surface area contributed by atoms with E-state index in [0.717, 1.165) is 0 Å². The van der Waals surface area contributed by atoms with Gasteiger partial charge in [0, 0.05) is 6.20 Å². The lowest BCUT2D eigenvalue weighted by Gasteiger charge is -2.26. The van der Waals surface area contributed by atoms with Crippen LogP contribution in [0.5, 0.6) is 0 Å². The van der Waals surface area contributed by atoms with Crippen molar-refractivity contribution in [1.29, 1.82) is 0 Å². The normalized spacial score (nSPS) is 13.4. The average molecular weight is 287 g/mol. The maximum atomic E-state index is 10.8. The van der Waals surface area contributed by atoms with Crippen molar-refractivity contribution in [3.8, 4) is 0 Å².